The maximum Gasteiger partial charge on any atom is 0.410 e. The number of piperidine rings is 1. The summed E-state index contributed by atoms with van der Waals surface area (Å²) in [6.45, 7) is 6.93. The predicted molar refractivity (Wildman–Crippen MR) is 112 cm³/mol. The third kappa shape index (κ3) is 7.76. The van der Waals surface area contributed by atoms with Crippen LogP contribution in [0.5, 0.6) is 0 Å². The first kappa shape index (κ1) is 23.3. The second-order valence-corrected chi connectivity index (χ2v) is 9.80. The number of carbonyl (C=O) groups excluding carboxylic acids is 2. The first-order chi connectivity index (χ1) is 13.5. The third-order valence-electron chi connectivity index (χ3n) is 4.81. The van der Waals surface area contributed by atoms with Gasteiger partial charge in [-0.2, -0.15) is 0 Å². The highest BCUT2D eigenvalue weighted by Crippen LogP contribution is 2.24. The normalized spacial score (nSPS) is 16.4. The Kier molecular flexibility index (Phi) is 8.19. The fourth-order valence-electron chi connectivity index (χ4n) is 3.32. The molecule has 1 N–H and O–H groups in total. The van der Waals surface area contributed by atoms with Gasteiger partial charge in [0.05, 0.1) is 15.7 Å². The Morgan fingerprint density at radius 3 is 2.48 bits per heavy atom. The number of amides is 2. The first-order valence-electron chi connectivity index (χ1n) is 9.96. The highest BCUT2D eigenvalue weighted by atomic mass is 32.2. The molecule has 1 atom stereocenters. The molecule has 1 saturated heterocycles. The first-order valence-corrected chi connectivity index (χ1v) is 11.5. The van der Waals surface area contributed by atoms with Crippen molar-refractivity contribution in [3.05, 3.63) is 24.0 Å². The van der Waals surface area contributed by atoms with Gasteiger partial charge in [0.2, 0.25) is 5.91 Å². The second-order valence-electron chi connectivity index (χ2n) is 8.45. The van der Waals surface area contributed by atoms with Gasteiger partial charge in [-0.1, -0.05) is 0 Å². The molecule has 0 radical (unpaired) electrons. The number of anilines is 1. The van der Waals surface area contributed by atoms with Gasteiger partial charge in [-0.15, -0.1) is 0 Å². The summed E-state index contributed by atoms with van der Waals surface area (Å²) >= 11 is 0. The van der Waals surface area contributed by atoms with Crippen molar-refractivity contribution < 1.29 is 22.9 Å². The largest absolute Gasteiger partial charge is 0.444 e. The lowest BCUT2D eigenvalue weighted by atomic mass is 9.91. The topological polar surface area (TPSA) is 75.7 Å². The Hall–Kier alpha value is -1.96. The van der Waals surface area contributed by atoms with Crippen LogP contribution in [0.3, 0.4) is 0 Å². The zero-order valence-corrected chi connectivity index (χ0v) is 18.4. The molecule has 1 heterocycles. The molecule has 0 spiro atoms. The van der Waals surface area contributed by atoms with Crippen LogP contribution in [0.25, 0.3) is 0 Å². The summed E-state index contributed by atoms with van der Waals surface area (Å²) < 4.78 is 30.6. The van der Waals surface area contributed by atoms with E-state index in [1.165, 1.54) is 18.4 Å². The summed E-state index contributed by atoms with van der Waals surface area (Å²) in [7, 11) is -1.40. The number of halogens is 1. The number of hydrogen-bond donors (Lipinski definition) is 1. The Labute approximate surface area is 174 Å². The molecule has 1 aromatic rings. The highest BCUT2D eigenvalue weighted by Gasteiger charge is 2.26. The van der Waals surface area contributed by atoms with E-state index < -0.39 is 22.2 Å². The van der Waals surface area contributed by atoms with E-state index in [0.717, 1.165) is 25.7 Å². The Morgan fingerprint density at radius 1 is 1.28 bits per heavy atom. The monoisotopic (exact) mass is 426 g/mol. The zero-order valence-electron chi connectivity index (χ0n) is 17.6. The average molecular weight is 427 g/mol. The van der Waals surface area contributed by atoms with Crippen molar-refractivity contribution in [3.63, 3.8) is 0 Å². The fraction of sp³-hybridized carbons (Fsp3) is 0.619. The van der Waals surface area contributed by atoms with E-state index in [2.05, 4.69) is 5.32 Å². The van der Waals surface area contributed by atoms with E-state index in [4.69, 9.17) is 4.74 Å². The lowest BCUT2D eigenvalue weighted by Crippen LogP contribution is -2.41. The summed E-state index contributed by atoms with van der Waals surface area (Å²) in [4.78, 5) is 26.1. The minimum Gasteiger partial charge on any atom is -0.444 e. The Morgan fingerprint density at radius 2 is 1.93 bits per heavy atom. The molecule has 1 fully saturated rings. The molecule has 8 heteroatoms. The van der Waals surface area contributed by atoms with Gasteiger partial charge in [0.15, 0.2) is 0 Å². The van der Waals surface area contributed by atoms with Crippen molar-refractivity contribution >= 4 is 28.5 Å². The Balaban J connectivity index is 1.69. The molecule has 6 nitrogen and oxygen atoms in total. The van der Waals surface area contributed by atoms with Crippen molar-refractivity contribution in [1.82, 2.24) is 4.90 Å². The van der Waals surface area contributed by atoms with E-state index in [1.807, 2.05) is 20.8 Å². The van der Waals surface area contributed by atoms with Gasteiger partial charge in [0.25, 0.3) is 0 Å². The molecule has 0 aliphatic carbocycles. The average Bonchev–Trinajstić information content (AvgIpc) is 2.60. The minimum absolute atomic E-state index is 0.126. The van der Waals surface area contributed by atoms with Crippen LogP contribution in [0.4, 0.5) is 14.9 Å². The molecule has 162 valence electrons. The van der Waals surface area contributed by atoms with E-state index in [1.54, 1.807) is 11.0 Å². The molecule has 0 bridgehead atoms. The van der Waals surface area contributed by atoms with Crippen molar-refractivity contribution in [2.24, 2.45) is 5.92 Å². The van der Waals surface area contributed by atoms with Crippen molar-refractivity contribution in [2.75, 3.05) is 24.7 Å². The van der Waals surface area contributed by atoms with Crippen molar-refractivity contribution in [2.45, 2.75) is 63.4 Å². The van der Waals surface area contributed by atoms with Crippen molar-refractivity contribution in [1.29, 1.82) is 0 Å². The number of nitrogens with one attached hydrogen (secondary N) is 1. The number of rotatable bonds is 6. The molecule has 0 saturated carbocycles. The van der Waals surface area contributed by atoms with Gasteiger partial charge in [0.1, 0.15) is 11.4 Å². The molecule has 2 amide bonds. The number of nitrogens with zero attached hydrogens (tertiary/aromatic N) is 1. The molecule has 29 heavy (non-hydrogen) atoms. The zero-order chi connectivity index (χ0) is 21.6. The molecular formula is C21H31FN2O4S. The van der Waals surface area contributed by atoms with Gasteiger partial charge >= 0.3 is 6.09 Å². The molecule has 2 rings (SSSR count). The number of carbonyl (C=O) groups is 2. The Bertz CT molecular complexity index is 756. The molecule has 1 aromatic carbocycles. The summed E-state index contributed by atoms with van der Waals surface area (Å²) in [5.41, 5.74) is -0.120. The van der Waals surface area contributed by atoms with Crippen molar-refractivity contribution in [3.8, 4) is 0 Å². The fourth-order valence-corrected chi connectivity index (χ4v) is 3.91. The summed E-state index contributed by atoms with van der Waals surface area (Å²) in [6.07, 6.45) is 4.97. The summed E-state index contributed by atoms with van der Waals surface area (Å²) in [6, 6.07) is 4.19. The van der Waals surface area contributed by atoms with Gasteiger partial charge < -0.3 is 15.0 Å². The van der Waals surface area contributed by atoms with Crippen LogP contribution >= 0.6 is 0 Å². The summed E-state index contributed by atoms with van der Waals surface area (Å²) in [5.74, 6) is -0.265. The third-order valence-corrected chi connectivity index (χ3v) is 5.76. The lowest BCUT2D eigenvalue weighted by molar-refractivity contribution is -0.116. The SMILES string of the molecule is CS(=O)c1ccc(NC(=O)CCCC2CCN(C(=O)OC(C)(C)C)CC2)cc1F. The number of ether oxygens (including phenoxy) is 1. The van der Waals surface area contributed by atoms with Gasteiger partial charge in [-0.25, -0.2) is 9.18 Å². The highest BCUT2D eigenvalue weighted by molar-refractivity contribution is 7.84. The quantitative estimate of drug-likeness (QED) is 0.735. The number of likely N-dealkylation sites (tertiary alicyclic amines) is 1. The predicted octanol–water partition coefficient (Wildman–Crippen LogP) is 4.32. The van der Waals surface area contributed by atoms with Crippen LogP contribution in [-0.2, 0) is 20.3 Å². The second kappa shape index (κ2) is 10.2. The van der Waals surface area contributed by atoms with Crippen LogP contribution in [0.15, 0.2) is 23.1 Å². The lowest BCUT2D eigenvalue weighted by Gasteiger charge is -2.33. The molecule has 1 aliphatic rings. The summed E-state index contributed by atoms with van der Waals surface area (Å²) in [5, 5.41) is 2.68. The van der Waals surface area contributed by atoms with Gasteiger partial charge in [0, 0.05) is 31.5 Å². The number of hydrogen-bond acceptors (Lipinski definition) is 4. The van der Waals surface area contributed by atoms with Crippen LogP contribution in [0, 0.1) is 11.7 Å². The van der Waals surface area contributed by atoms with E-state index in [-0.39, 0.29) is 16.9 Å². The van der Waals surface area contributed by atoms with E-state index >= 15 is 0 Å². The number of benzene rings is 1. The van der Waals surface area contributed by atoms with Crippen LogP contribution in [-0.4, -0.2) is 46.1 Å². The smallest absolute Gasteiger partial charge is 0.410 e. The van der Waals surface area contributed by atoms with Crippen LogP contribution < -0.4 is 5.32 Å². The minimum atomic E-state index is -1.40. The van der Waals surface area contributed by atoms with E-state index in [0.29, 0.717) is 31.1 Å². The van der Waals surface area contributed by atoms with Gasteiger partial charge in [-0.3, -0.25) is 9.00 Å². The molecular weight excluding hydrogens is 395 g/mol. The molecule has 1 unspecified atom stereocenters. The molecule has 1 aliphatic heterocycles. The van der Waals surface area contributed by atoms with Crippen LogP contribution in [0.2, 0.25) is 0 Å². The maximum atomic E-state index is 13.8. The van der Waals surface area contributed by atoms with Gasteiger partial charge in [-0.05, 0) is 70.6 Å². The maximum absolute atomic E-state index is 13.8. The van der Waals surface area contributed by atoms with E-state index in [9.17, 15) is 18.2 Å². The van der Waals surface area contributed by atoms with Crippen LogP contribution in [0.1, 0.15) is 52.9 Å². The standard InChI is InChI=1S/C21H31FN2O4S/c1-21(2,3)28-20(26)24-12-10-15(11-13-24)6-5-7-19(25)23-16-8-9-18(29(4)27)17(22)14-16/h8-9,14-15H,5-7,10-13H2,1-4H3,(H,23,25). The molecule has 0 aromatic heterocycles.